The Hall–Kier alpha value is -3.27. The molecule has 3 aromatic rings. The third kappa shape index (κ3) is 4.52. The van der Waals surface area contributed by atoms with E-state index >= 15 is 0 Å². The second-order valence-corrected chi connectivity index (χ2v) is 7.60. The van der Waals surface area contributed by atoms with E-state index < -0.39 is 32.5 Å². The summed E-state index contributed by atoms with van der Waals surface area (Å²) in [4.78, 5) is 12.2. The lowest BCUT2D eigenvalue weighted by Crippen LogP contribution is -2.23. The van der Waals surface area contributed by atoms with Crippen LogP contribution in [0.1, 0.15) is 21.8 Å². The third-order valence-corrected chi connectivity index (χ3v) is 5.15. The first-order valence-electron chi connectivity index (χ1n) is 8.10. The Kier molecular flexibility index (Phi) is 5.69. The van der Waals surface area contributed by atoms with E-state index in [1.807, 2.05) is 0 Å². The number of hydrogen-bond acceptors (Lipinski definition) is 7. The monoisotopic (exact) mass is 405 g/mol. The summed E-state index contributed by atoms with van der Waals surface area (Å²) < 4.78 is 47.9. The summed E-state index contributed by atoms with van der Waals surface area (Å²) in [5, 5.41) is 9.16. The summed E-state index contributed by atoms with van der Waals surface area (Å²) in [6.45, 7) is -0.157. The van der Waals surface area contributed by atoms with Crippen molar-refractivity contribution in [1.82, 2.24) is 15.5 Å². The van der Waals surface area contributed by atoms with Crippen LogP contribution in [0, 0.1) is 5.82 Å². The van der Waals surface area contributed by atoms with Crippen molar-refractivity contribution < 1.29 is 26.8 Å². The van der Waals surface area contributed by atoms with E-state index in [-0.39, 0.29) is 12.4 Å². The van der Waals surface area contributed by atoms with Crippen molar-refractivity contribution in [3.63, 3.8) is 0 Å². The molecule has 0 unspecified atom stereocenters. The van der Waals surface area contributed by atoms with Crippen molar-refractivity contribution in [1.29, 1.82) is 0 Å². The number of benzene rings is 2. The number of aromatic nitrogens is 2. The number of para-hydroxylation sites is 1. The molecular formula is C18H16FN3O5S. The highest BCUT2D eigenvalue weighted by atomic mass is 32.2. The molecule has 3 rings (SSSR count). The smallest absolute Gasteiger partial charge is 0.335 e. The first kappa shape index (κ1) is 19.5. The molecule has 0 radical (unpaired) electrons. The molecule has 8 nitrogen and oxygen atoms in total. The van der Waals surface area contributed by atoms with Gasteiger partial charge < -0.3 is 14.5 Å². The van der Waals surface area contributed by atoms with Crippen molar-refractivity contribution >= 4 is 15.7 Å². The van der Waals surface area contributed by atoms with Gasteiger partial charge >= 0.3 is 5.22 Å². The Labute approximate surface area is 160 Å². The summed E-state index contributed by atoms with van der Waals surface area (Å²) in [6, 6.07) is 11.7. The highest BCUT2D eigenvalue weighted by Crippen LogP contribution is 2.18. The quantitative estimate of drug-likeness (QED) is 0.641. The van der Waals surface area contributed by atoms with Gasteiger partial charge in [-0.05, 0) is 29.8 Å². The second kappa shape index (κ2) is 8.17. The molecule has 1 aromatic heterocycles. The van der Waals surface area contributed by atoms with Crippen LogP contribution in [0.4, 0.5) is 4.39 Å². The zero-order valence-corrected chi connectivity index (χ0v) is 15.6. The van der Waals surface area contributed by atoms with E-state index in [0.29, 0.717) is 16.9 Å². The molecule has 10 heteroatoms. The van der Waals surface area contributed by atoms with E-state index in [4.69, 9.17) is 9.15 Å². The molecule has 0 saturated heterocycles. The number of amides is 1. The first-order valence-corrected chi connectivity index (χ1v) is 9.75. The molecule has 146 valence electrons. The fraction of sp³-hybridized carbons (Fsp3) is 0.167. The molecule has 1 heterocycles. The molecule has 0 aliphatic carbocycles. The third-order valence-electron chi connectivity index (χ3n) is 3.74. The van der Waals surface area contributed by atoms with Crippen LogP contribution in [-0.4, -0.2) is 31.6 Å². The lowest BCUT2D eigenvalue weighted by Gasteiger charge is -2.07. The number of carbonyl (C=O) groups is 1. The number of methoxy groups -OCH3 is 1. The van der Waals surface area contributed by atoms with Gasteiger partial charge in [-0.15, -0.1) is 5.10 Å². The topological polar surface area (TPSA) is 111 Å². The summed E-state index contributed by atoms with van der Waals surface area (Å²) in [5.74, 6) is -0.991. The minimum atomic E-state index is -3.90. The van der Waals surface area contributed by atoms with E-state index in [1.165, 1.54) is 19.2 Å². The maximum absolute atomic E-state index is 12.9. The number of carbonyl (C=O) groups excluding carboxylic acids is 1. The Bertz CT molecular complexity index is 1080. The molecule has 0 aliphatic heterocycles. The lowest BCUT2D eigenvalue weighted by atomic mass is 10.2. The van der Waals surface area contributed by atoms with Gasteiger partial charge in [-0.1, -0.05) is 29.4 Å². The minimum Gasteiger partial charge on any atom is -0.496 e. The zero-order valence-electron chi connectivity index (χ0n) is 14.8. The zero-order chi connectivity index (χ0) is 20.1. The van der Waals surface area contributed by atoms with Gasteiger partial charge in [-0.3, -0.25) is 4.79 Å². The minimum absolute atomic E-state index is 0.0686. The van der Waals surface area contributed by atoms with Crippen LogP contribution >= 0.6 is 0 Å². The molecule has 0 fully saturated rings. The van der Waals surface area contributed by atoms with Crippen molar-refractivity contribution in [2.75, 3.05) is 7.11 Å². The van der Waals surface area contributed by atoms with E-state index in [2.05, 4.69) is 15.5 Å². The van der Waals surface area contributed by atoms with Gasteiger partial charge in [0.25, 0.3) is 5.91 Å². The van der Waals surface area contributed by atoms with Gasteiger partial charge in [-0.25, -0.2) is 12.8 Å². The summed E-state index contributed by atoms with van der Waals surface area (Å²) in [6.07, 6.45) is 0. The van der Waals surface area contributed by atoms with Crippen LogP contribution in [0.3, 0.4) is 0 Å². The van der Waals surface area contributed by atoms with Gasteiger partial charge in [0.1, 0.15) is 11.6 Å². The maximum Gasteiger partial charge on any atom is 0.335 e. The molecule has 0 bridgehead atoms. The van der Waals surface area contributed by atoms with Crippen LogP contribution in [0.5, 0.6) is 5.75 Å². The van der Waals surface area contributed by atoms with Gasteiger partial charge in [0.05, 0.1) is 25.0 Å². The molecule has 1 N–H and O–H groups in total. The standard InChI is InChI=1S/C18H16FN3O5S/c1-26-15-5-3-2-4-14(15)17(23)20-10-16-21-22-18(27-16)28(24,25)11-12-6-8-13(19)9-7-12/h2-9H,10-11H2,1H3,(H,20,23). The van der Waals surface area contributed by atoms with Gasteiger partial charge in [0, 0.05) is 0 Å². The Morgan fingerprint density at radius 1 is 1.14 bits per heavy atom. The van der Waals surface area contributed by atoms with Crippen LogP contribution in [0.25, 0.3) is 0 Å². The maximum atomic E-state index is 12.9. The first-order chi connectivity index (χ1) is 13.4. The summed E-state index contributed by atoms with van der Waals surface area (Å²) in [7, 11) is -2.46. The predicted octanol–water partition coefficient (Wildman–Crippen LogP) is 2.12. The number of sulfone groups is 1. The number of nitrogens with zero attached hydrogens (tertiary/aromatic N) is 2. The van der Waals surface area contributed by atoms with E-state index in [0.717, 1.165) is 12.1 Å². The number of ether oxygens (including phenoxy) is 1. The molecule has 1 amide bonds. The largest absolute Gasteiger partial charge is 0.496 e. The van der Waals surface area contributed by atoms with Gasteiger partial charge in [-0.2, -0.15) is 0 Å². The van der Waals surface area contributed by atoms with E-state index in [1.54, 1.807) is 24.3 Å². The summed E-state index contributed by atoms with van der Waals surface area (Å²) in [5.41, 5.74) is 0.694. The number of hydrogen-bond donors (Lipinski definition) is 1. The lowest BCUT2D eigenvalue weighted by molar-refractivity contribution is 0.0943. The molecule has 0 aliphatic rings. The highest BCUT2D eigenvalue weighted by molar-refractivity contribution is 7.90. The van der Waals surface area contributed by atoms with Crippen LogP contribution < -0.4 is 10.1 Å². The Morgan fingerprint density at radius 3 is 2.57 bits per heavy atom. The predicted molar refractivity (Wildman–Crippen MR) is 95.8 cm³/mol. The molecule has 0 atom stereocenters. The Balaban J connectivity index is 1.66. The fourth-order valence-electron chi connectivity index (χ4n) is 2.38. The average molecular weight is 405 g/mol. The van der Waals surface area contributed by atoms with Gasteiger partial charge in [0.2, 0.25) is 15.7 Å². The second-order valence-electron chi connectivity index (χ2n) is 5.73. The SMILES string of the molecule is COc1ccccc1C(=O)NCc1nnc(S(=O)(=O)Cc2ccc(F)cc2)o1. The van der Waals surface area contributed by atoms with Crippen molar-refractivity contribution in [2.45, 2.75) is 17.5 Å². The molecular weight excluding hydrogens is 389 g/mol. The molecule has 28 heavy (non-hydrogen) atoms. The van der Waals surface area contributed by atoms with Crippen LogP contribution in [0.15, 0.2) is 58.2 Å². The van der Waals surface area contributed by atoms with Crippen molar-refractivity contribution in [3.8, 4) is 5.75 Å². The van der Waals surface area contributed by atoms with Crippen LogP contribution in [0.2, 0.25) is 0 Å². The number of nitrogens with one attached hydrogen (secondary N) is 1. The highest BCUT2D eigenvalue weighted by Gasteiger charge is 2.23. The normalized spacial score (nSPS) is 11.2. The molecule has 0 spiro atoms. The average Bonchev–Trinajstić information content (AvgIpc) is 3.18. The number of rotatable bonds is 7. The van der Waals surface area contributed by atoms with Crippen LogP contribution in [-0.2, 0) is 22.1 Å². The van der Waals surface area contributed by atoms with Crippen molar-refractivity contribution in [3.05, 3.63) is 71.4 Å². The molecule has 2 aromatic carbocycles. The Morgan fingerprint density at radius 2 is 1.86 bits per heavy atom. The van der Waals surface area contributed by atoms with E-state index in [9.17, 15) is 17.6 Å². The summed E-state index contributed by atoms with van der Waals surface area (Å²) >= 11 is 0. The number of halogens is 1. The van der Waals surface area contributed by atoms with Gasteiger partial charge in [0.15, 0.2) is 0 Å². The fourth-order valence-corrected chi connectivity index (χ4v) is 3.52. The van der Waals surface area contributed by atoms with Crippen molar-refractivity contribution in [2.24, 2.45) is 0 Å². The molecule has 0 saturated carbocycles.